The van der Waals surface area contributed by atoms with Gasteiger partial charge < -0.3 is 24.8 Å². The molecule has 0 radical (unpaired) electrons. The maximum Gasteiger partial charge on any atom is 0.319 e. The fraction of sp³-hybridized carbons (Fsp3) is 0.469. The normalized spacial score (nSPS) is 29.5. The van der Waals surface area contributed by atoms with Crippen LogP contribution in [0.15, 0.2) is 36.4 Å². The fourth-order valence-electron chi connectivity index (χ4n) is 8.30. The van der Waals surface area contributed by atoms with E-state index in [-0.39, 0.29) is 53.1 Å². The number of phenolic OH excluding ortho intramolecular Hbond substituents is 1. The summed E-state index contributed by atoms with van der Waals surface area (Å²) in [5.41, 5.74) is 0.163. The quantitative estimate of drug-likeness (QED) is 0.362. The minimum absolute atomic E-state index is 0.0107. The van der Waals surface area contributed by atoms with E-state index >= 15 is 4.39 Å². The molecule has 0 amide bonds. The van der Waals surface area contributed by atoms with Crippen LogP contribution in [0.3, 0.4) is 0 Å². The highest BCUT2D eigenvalue weighted by Crippen LogP contribution is 2.45. The molecule has 4 aromatic rings. The van der Waals surface area contributed by atoms with Crippen molar-refractivity contribution in [2.75, 3.05) is 37.7 Å². The Morgan fingerprint density at radius 3 is 2.98 bits per heavy atom. The fourth-order valence-corrected chi connectivity index (χ4v) is 8.30. The number of hydrogen-bond acceptors (Lipinski definition) is 9. The SMILES string of the molecule is Oc1cc(-c2nc3c4c(nc(OC[C@@]56CCCN5C[C@H](F)C6)nc4c2F)N2C[C@@H]4CCC(N4)[C@H]2CO3)c2ccccc2c1. The molecule has 4 fully saturated rings. The standard InChI is InChI=1S/C32H32F2N6O3/c33-18-12-32(8-3-9-39(32)13-18)16-43-31-37-28-25-29(38-31)40-14-19-6-7-23(35-19)24(40)15-42-30(25)36-27(26(28)34)22-11-20(41)10-17-4-1-2-5-21(17)22/h1-2,4-5,10-11,18-19,23-24,35,41H,3,6-9,12-16H2/t18-,19+,23?,24-,32+/m1/s1. The number of halogens is 2. The molecule has 2 aromatic carbocycles. The number of nitrogens with zero attached hydrogens (tertiary/aromatic N) is 5. The molecule has 43 heavy (non-hydrogen) atoms. The molecule has 222 valence electrons. The van der Waals surface area contributed by atoms with Crippen LogP contribution in [0.1, 0.15) is 32.1 Å². The van der Waals surface area contributed by atoms with E-state index in [0.717, 1.165) is 43.0 Å². The second-order valence-corrected chi connectivity index (χ2v) is 12.8. The van der Waals surface area contributed by atoms with E-state index in [1.807, 2.05) is 24.3 Å². The number of piperazine rings is 1. The Hall–Kier alpha value is -3.83. The van der Waals surface area contributed by atoms with Crippen molar-refractivity contribution in [3.05, 3.63) is 42.2 Å². The summed E-state index contributed by atoms with van der Waals surface area (Å²) < 4.78 is 43.9. The highest BCUT2D eigenvalue weighted by molar-refractivity contribution is 6.02. The molecule has 2 N–H and O–H groups in total. The van der Waals surface area contributed by atoms with Gasteiger partial charge in [-0.1, -0.05) is 24.3 Å². The third-order valence-electron chi connectivity index (χ3n) is 10.3. The average molecular weight is 587 g/mol. The lowest BCUT2D eigenvalue weighted by Gasteiger charge is -2.40. The van der Waals surface area contributed by atoms with Crippen LogP contribution >= 0.6 is 0 Å². The van der Waals surface area contributed by atoms with Crippen molar-refractivity contribution in [2.45, 2.75) is 61.9 Å². The van der Waals surface area contributed by atoms with Gasteiger partial charge in [-0.05, 0) is 55.1 Å². The molecule has 5 aliphatic heterocycles. The molecule has 9 nitrogen and oxygen atoms in total. The monoisotopic (exact) mass is 586 g/mol. The lowest BCUT2D eigenvalue weighted by Crippen LogP contribution is -2.60. The van der Waals surface area contributed by atoms with E-state index in [1.165, 1.54) is 6.07 Å². The Bertz CT molecular complexity index is 1790. The summed E-state index contributed by atoms with van der Waals surface area (Å²) in [6, 6.07) is 11.2. The molecule has 11 heteroatoms. The molecule has 9 rings (SSSR count). The lowest BCUT2D eigenvalue weighted by atomic mass is 9.95. The second kappa shape index (κ2) is 9.33. The summed E-state index contributed by atoms with van der Waals surface area (Å²) in [6.07, 6.45) is 3.46. The van der Waals surface area contributed by atoms with E-state index in [1.54, 1.807) is 6.07 Å². The second-order valence-electron chi connectivity index (χ2n) is 12.8. The Morgan fingerprint density at radius 1 is 1.14 bits per heavy atom. The summed E-state index contributed by atoms with van der Waals surface area (Å²) in [4.78, 5) is 18.7. The van der Waals surface area contributed by atoms with Gasteiger partial charge in [0.1, 0.15) is 47.5 Å². The molecule has 2 bridgehead atoms. The Balaban J connectivity index is 1.22. The number of benzene rings is 2. The molecule has 7 heterocycles. The van der Waals surface area contributed by atoms with Crippen LogP contribution in [0.5, 0.6) is 17.6 Å². The predicted molar refractivity (Wildman–Crippen MR) is 157 cm³/mol. The molecule has 0 saturated carbocycles. The molecule has 5 atom stereocenters. The van der Waals surface area contributed by atoms with E-state index in [0.29, 0.717) is 48.9 Å². The molecule has 1 unspecified atom stereocenters. The first-order valence-electron chi connectivity index (χ1n) is 15.3. The molecule has 0 aliphatic carbocycles. The summed E-state index contributed by atoms with van der Waals surface area (Å²) in [6.45, 7) is 2.58. The summed E-state index contributed by atoms with van der Waals surface area (Å²) in [5, 5.41) is 16.2. The Labute approximate surface area is 246 Å². The zero-order valence-electron chi connectivity index (χ0n) is 23.6. The summed E-state index contributed by atoms with van der Waals surface area (Å²) in [5.74, 6) is 0.206. The van der Waals surface area contributed by atoms with Gasteiger partial charge in [-0.25, -0.2) is 13.8 Å². The lowest BCUT2D eigenvalue weighted by molar-refractivity contribution is 0.107. The third-order valence-corrected chi connectivity index (χ3v) is 10.3. The number of pyridine rings is 1. The Kier molecular flexibility index (Phi) is 5.57. The number of aromatic hydroxyl groups is 1. The van der Waals surface area contributed by atoms with E-state index < -0.39 is 12.0 Å². The van der Waals surface area contributed by atoms with Crippen LogP contribution < -0.4 is 19.7 Å². The van der Waals surface area contributed by atoms with Crippen molar-refractivity contribution in [3.8, 4) is 28.9 Å². The molecular formula is C32H32F2N6O3. The number of anilines is 1. The number of fused-ring (bicyclic) bond motifs is 7. The number of hydrogen-bond donors (Lipinski definition) is 2. The molecule has 0 spiro atoms. The highest BCUT2D eigenvalue weighted by atomic mass is 19.1. The number of phenols is 1. The van der Waals surface area contributed by atoms with Gasteiger partial charge in [-0.15, -0.1) is 0 Å². The number of rotatable bonds is 4. The third kappa shape index (κ3) is 3.90. The number of alkyl halides is 1. The first-order valence-corrected chi connectivity index (χ1v) is 15.3. The van der Waals surface area contributed by atoms with E-state index in [2.05, 4.69) is 20.1 Å². The van der Waals surface area contributed by atoms with Crippen LogP contribution in [-0.4, -0.2) is 87.6 Å². The van der Waals surface area contributed by atoms with Gasteiger partial charge in [-0.2, -0.15) is 9.97 Å². The first-order chi connectivity index (χ1) is 21.0. The van der Waals surface area contributed by atoms with Crippen LogP contribution in [0.2, 0.25) is 0 Å². The number of aromatic nitrogens is 3. The van der Waals surface area contributed by atoms with Crippen molar-refractivity contribution in [1.29, 1.82) is 0 Å². The largest absolute Gasteiger partial charge is 0.508 e. The van der Waals surface area contributed by atoms with Gasteiger partial charge in [0.2, 0.25) is 5.88 Å². The minimum Gasteiger partial charge on any atom is -0.508 e. The summed E-state index contributed by atoms with van der Waals surface area (Å²) in [7, 11) is 0. The molecule has 4 saturated heterocycles. The number of ether oxygens (including phenoxy) is 2. The minimum atomic E-state index is -0.883. The number of nitrogens with one attached hydrogen (secondary N) is 1. The van der Waals surface area contributed by atoms with Crippen LogP contribution in [0, 0.1) is 5.82 Å². The van der Waals surface area contributed by atoms with Gasteiger partial charge >= 0.3 is 6.01 Å². The van der Waals surface area contributed by atoms with Crippen LogP contribution in [0.25, 0.3) is 32.9 Å². The predicted octanol–water partition coefficient (Wildman–Crippen LogP) is 4.35. The highest BCUT2D eigenvalue weighted by Gasteiger charge is 2.50. The molecule has 2 aromatic heterocycles. The maximum absolute atomic E-state index is 16.8. The van der Waals surface area contributed by atoms with Crippen molar-refractivity contribution >= 4 is 27.5 Å². The molecule has 5 aliphatic rings. The Morgan fingerprint density at radius 2 is 2.05 bits per heavy atom. The van der Waals surface area contributed by atoms with Gasteiger partial charge in [0.15, 0.2) is 5.82 Å². The first kappa shape index (κ1) is 25.6. The summed E-state index contributed by atoms with van der Waals surface area (Å²) >= 11 is 0. The maximum atomic E-state index is 16.8. The van der Waals surface area contributed by atoms with E-state index in [4.69, 9.17) is 19.4 Å². The average Bonchev–Trinajstić information content (AvgIpc) is 3.64. The van der Waals surface area contributed by atoms with Crippen molar-refractivity contribution in [1.82, 2.24) is 25.2 Å². The van der Waals surface area contributed by atoms with Gasteiger partial charge in [0, 0.05) is 37.2 Å². The smallest absolute Gasteiger partial charge is 0.319 e. The van der Waals surface area contributed by atoms with Gasteiger partial charge in [0.05, 0.1) is 11.6 Å². The van der Waals surface area contributed by atoms with Crippen molar-refractivity contribution < 1.29 is 23.4 Å². The van der Waals surface area contributed by atoms with Gasteiger partial charge in [-0.3, -0.25) is 4.90 Å². The zero-order valence-corrected chi connectivity index (χ0v) is 23.6. The van der Waals surface area contributed by atoms with Gasteiger partial charge in [0.25, 0.3) is 0 Å². The molecular weight excluding hydrogens is 554 g/mol. The van der Waals surface area contributed by atoms with Crippen LogP contribution in [-0.2, 0) is 0 Å². The van der Waals surface area contributed by atoms with Crippen LogP contribution in [0.4, 0.5) is 14.6 Å². The van der Waals surface area contributed by atoms with E-state index in [9.17, 15) is 9.50 Å². The zero-order chi connectivity index (χ0) is 28.9. The van der Waals surface area contributed by atoms with Crippen molar-refractivity contribution in [2.24, 2.45) is 0 Å². The topological polar surface area (TPSA) is 95.9 Å². The van der Waals surface area contributed by atoms with Crippen molar-refractivity contribution in [3.63, 3.8) is 0 Å².